The van der Waals surface area contributed by atoms with Crippen LogP contribution in [0.3, 0.4) is 0 Å². The Labute approximate surface area is 134 Å². The summed E-state index contributed by atoms with van der Waals surface area (Å²) in [6.07, 6.45) is 1.51. The van der Waals surface area contributed by atoms with Gasteiger partial charge in [-0.1, -0.05) is 37.1 Å². The van der Waals surface area contributed by atoms with Crippen LogP contribution in [-0.2, 0) is 9.53 Å². The van der Waals surface area contributed by atoms with E-state index in [1.165, 1.54) is 11.6 Å². The maximum atomic E-state index is 11.2. The van der Waals surface area contributed by atoms with E-state index >= 15 is 0 Å². The van der Waals surface area contributed by atoms with Crippen LogP contribution in [0.15, 0.2) is 35.9 Å². The van der Waals surface area contributed by atoms with E-state index in [2.05, 4.69) is 5.32 Å². The molecule has 0 aromatic heterocycles. The molecule has 1 aromatic carbocycles. The second-order valence-corrected chi connectivity index (χ2v) is 4.58. The Morgan fingerprint density at radius 3 is 2.45 bits per heavy atom. The first-order valence-corrected chi connectivity index (χ1v) is 7.86. The van der Waals surface area contributed by atoms with Gasteiger partial charge in [-0.15, -0.1) is 0 Å². The number of ether oxygens (including phenoxy) is 2. The number of rotatable bonds is 8. The van der Waals surface area contributed by atoms with Gasteiger partial charge in [-0.2, -0.15) is 0 Å². The maximum absolute atomic E-state index is 11.2. The fourth-order valence-corrected chi connectivity index (χ4v) is 1.60. The average Bonchev–Trinajstić information content (AvgIpc) is 2.51. The molecule has 1 aromatic rings. The summed E-state index contributed by atoms with van der Waals surface area (Å²) < 4.78 is 10.4. The topological polar surface area (TPSA) is 47.6 Å². The van der Waals surface area contributed by atoms with Crippen LogP contribution in [0, 0.1) is 6.92 Å². The van der Waals surface area contributed by atoms with Crippen molar-refractivity contribution in [3.05, 3.63) is 41.5 Å². The van der Waals surface area contributed by atoms with Gasteiger partial charge in [0.1, 0.15) is 12.4 Å². The largest absolute Gasteiger partial charge is 0.492 e. The Kier molecular flexibility index (Phi) is 11.8. The van der Waals surface area contributed by atoms with Crippen LogP contribution < -0.4 is 10.1 Å². The Balaban J connectivity index is 0.00000211. The standard InChI is InChI=1S/C16H23NO3.C2H6/c1-4-19-16(18)11-14(3)12-17-9-10-20-15-7-5-13(2)6-8-15;1-2/h5-8,11,17H,4,9-10,12H2,1-3H3;1-2H3/b14-11+;. The predicted octanol–water partition coefficient (Wildman–Crippen LogP) is 3.50. The smallest absolute Gasteiger partial charge is 0.330 e. The Bertz CT molecular complexity index is 438. The fourth-order valence-electron chi connectivity index (χ4n) is 1.60. The first-order chi connectivity index (χ1) is 10.6. The van der Waals surface area contributed by atoms with Crippen LogP contribution in [0.1, 0.15) is 33.3 Å². The molecule has 0 unspecified atom stereocenters. The molecule has 4 heteroatoms. The lowest BCUT2D eigenvalue weighted by Gasteiger charge is -2.08. The number of carbonyl (C=O) groups is 1. The molecule has 0 atom stereocenters. The summed E-state index contributed by atoms with van der Waals surface area (Å²) in [5, 5.41) is 3.21. The summed E-state index contributed by atoms with van der Waals surface area (Å²) >= 11 is 0. The van der Waals surface area contributed by atoms with Crippen molar-refractivity contribution in [1.82, 2.24) is 5.32 Å². The van der Waals surface area contributed by atoms with Gasteiger partial charge in [0, 0.05) is 19.2 Å². The quantitative estimate of drug-likeness (QED) is 0.454. The minimum absolute atomic E-state index is 0.289. The number of esters is 1. The molecule has 0 aliphatic heterocycles. The molecule has 0 fully saturated rings. The molecule has 0 spiro atoms. The average molecular weight is 307 g/mol. The molecule has 0 radical (unpaired) electrons. The highest BCUT2D eigenvalue weighted by atomic mass is 16.5. The summed E-state index contributed by atoms with van der Waals surface area (Å²) in [5.41, 5.74) is 2.16. The molecule has 0 heterocycles. The first-order valence-electron chi connectivity index (χ1n) is 7.86. The summed E-state index contributed by atoms with van der Waals surface area (Å²) in [6.45, 7) is 12.1. The third-order valence-electron chi connectivity index (χ3n) is 2.62. The molecule has 0 amide bonds. The van der Waals surface area contributed by atoms with Crippen molar-refractivity contribution >= 4 is 5.97 Å². The van der Waals surface area contributed by atoms with Gasteiger partial charge in [0.25, 0.3) is 0 Å². The number of hydrogen-bond acceptors (Lipinski definition) is 4. The SMILES string of the molecule is CC.CCOC(=O)/C=C(\C)CNCCOc1ccc(C)cc1. The van der Waals surface area contributed by atoms with E-state index in [1.54, 1.807) is 6.92 Å². The maximum Gasteiger partial charge on any atom is 0.330 e. The second kappa shape index (κ2) is 12.9. The minimum Gasteiger partial charge on any atom is -0.492 e. The van der Waals surface area contributed by atoms with Crippen LogP contribution in [0.2, 0.25) is 0 Å². The summed E-state index contributed by atoms with van der Waals surface area (Å²) in [7, 11) is 0. The van der Waals surface area contributed by atoms with Gasteiger partial charge in [-0.05, 0) is 32.9 Å². The molecule has 0 aliphatic rings. The number of carbonyl (C=O) groups excluding carboxylic acids is 1. The Morgan fingerprint density at radius 2 is 1.86 bits per heavy atom. The molecule has 0 saturated carbocycles. The second-order valence-electron chi connectivity index (χ2n) is 4.58. The summed E-state index contributed by atoms with van der Waals surface area (Å²) in [6, 6.07) is 7.96. The van der Waals surface area contributed by atoms with E-state index in [9.17, 15) is 4.79 Å². The molecule has 1 rings (SSSR count). The van der Waals surface area contributed by atoms with E-state index in [1.807, 2.05) is 52.0 Å². The van der Waals surface area contributed by atoms with Gasteiger partial charge in [0.2, 0.25) is 0 Å². The van der Waals surface area contributed by atoms with Crippen LogP contribution in [0.4, 0.5) is 0 Å². The highest BCUT2D eigenvalue weighted by Crippen LogP contribution is 2.10. The number of benzene rings is 1. The van der Waals surface area contributed by atoms with Crippen molar-refractivity contribution in [2.24, 2.45) is 0 Å². The van der Waals surface area contributed by atoms with Crippen molar-refractivity contribution < 1.29 is 14.3 Å². The van der Waals surface area contributed by atoms with Crippen molar-refractivity contribution in [3.63, 3.8) is 0 Å². The Hall–Kier alpha value is -1.81. The van der Waals surface area contributed by atoms with E-state index in [-0.39, 0.29) is 5.97 Å². The van der Waals surface area contributed by atoms with E-state index in [4.69, 9.17) is 9.47 Å². The van der Waals surface area contributed by atoms with Gasteiger partial charge in [0.05, 0.1) is 6.61 Å². The zero-order valence-electron chi connectivity index (χ0n) is 14.4. The molecular weight excluding hydrogens is 278 g/mol. The normalized spacial score (nSPS) is 10.5. The lowest BCUT2D eigenvalue weighted by atomic mass is 10.2. The van der Waals surface area contributed by atoms with Gasteiger partial charge in [-0.25, -0.2) is 4.79 Å². The van der Waals surface area contributed by atoms with Gasteiger partial charge in [0.15, 0.2) is 0 Å². The monoisotopic (exact) mass is 307 g/mol. The highest BCUT2D eigenvalue weighted by Gasteiger charge is 1.98. The van der Waals surface area contributed by atoms with Crippen LogP contribution in [-0.4, -0.2) is 32.3 Å². The lowest BCUT2D eigenvalue weighted by molar-refractivity contribution is -0.137. The Morgan fingerprint density at radius 1 is 1.23 bits per heavy atom. The third-order valence-corrected chi connectivity index (χ3v) is 2.62. The van der Waals surface area contributed by atoms with Gasteiger partial charge < -0.3 is 14.8 Å². The van der Waals surface area contributed by atoms with Crippen LogP contribution in [0.5, 0.6) is 5.75 Å². The van der Waals surface area contributed by atoms with Gasteiger partial charge in [-0.3, -0.25) is 0 Å². The fraction of sp³-hybridized carbons (Fsp3) is 0.500. The molecule has 124 valence electrons. The molecule has 22 heavy (non-hydrogen) atoms. The zero-order valence-corrected chi connectivity index (χ0v) is 14.4. The molecule has 0 bridgehead atoms. The predicted molar refractivity (Wildman–Crippen MR) is 91.3 cm³/mol. The van der Waals surface area contributed by atoms with Crippen molar-refractivity contribution in [2.45, 2.75) is 34.6 Å². The van der Waals surface area contributed by atoms with Crippen molar-refractivity contribution in [1.29, 1.82) is 0 Å². The molecule has 0 aliphatic carbocycles. The van der Waals surface area contributed by atoms with Crippen LogP contribution in [0.25, 0.3) is 0 Å². The van der Waals surface area contributed by atoms with Crippen molar-refractivity contribution in [2.75, 3.05) is 26.3 Å². The van der Waals surface area contributed by atoms with E-state index < -0.39 is 0 Å². The molecule has 4 nitrogen and oxygen atoms in total. The summed E-state index contributed by atoms with van der Waals surface area (Å²) in [5.74, 6) is 0.582. The first kappa shape index (κ1) is 20.2. The molecular formula is C18H29NO3. The van der Waals surface area contributed by atoms with Crippen LogP contribution >= 0.6 is 0 Å². The number of nitrogens with one attached hydrogen (secondary N) is 1. The van der Waals surface area contributed by atoms with E-state index in [0.29, 0.717) is 19.8 Å². The molecule has 0 saturated heterocycles. The number of hydrogen-bond donors (Lipinski definition) is 1. The molecule has 1 N–H and O–H groups in total. The van der Waals surface area contributed by atoms with Gasteiger partial charge >= 0.3 is 5.97 Å². The highest BCUT2D eigenvalue weighted by molar-refractivity contribution is 5.82. The number of aryl methyl sites for hydroxylation is 1. The zero-order chi connectivity index (χ0) is 16.8. The third kappa shape index (κ3) is 10.00. The summed E-state index contributed by atoms with van der Waals surface area (Å²) in [4.78, 5) is 11.2. The lowest BCUT2D eigenvalue weighted by Crippen LogP contribution is -2.23. The minimum atomic E-state index is -0.289. The van der Waals surface area contributed by atoms with E-state index in [0.717, 1.165) is 17.9 Å². The van der Waals surface area contributed by atoms with Crippen molar-refractivity contribution in [3.8, 4) is 5.75 Å².